The van der Waals surface area contributed by atoms with Gasteiger partial charge in [-0.15, -0.1) is 13.2 Å². The van der Waals surface area contributed by atoms with Crippen molar-refractivity contribution in [1.82, 2.24) is 19.9 Å². The van der Waals surface area contributed by atoms with E-state index in [4.69, 9.17) is 14.6 Å². The lowest BCUT2D eigenvalue weighted by molar-refractivity contribution is -0.274. The second-order valence-electron chi connectivity index (χ2n) is 9.21. The molecule has 1 fully saturated rings. The maximum absolute atomic E-state index is 12.7. The first-order valence-corrected chi connectivity index (χ1v) is 13.8. The minimum atomic E-state index is -4.74. The van der Waals surface area contributed by atoms with E-state index in [1.807, 2.05) is 25.1 Å². The van der Waals surface area contributed by atoms with Crippen molar-refractivity contribution in [3.05, 3.63) is 72.4 Å². The summed E-state index contributed by atoms with van der Waals surface area (Å²) in [5.41, 5.74) is 1.17. The van der Waals surface area contributed by atoms with Crippen molar-refractivity contribution in [2.24, 2.45) is 0 Å². The Morgan fingerprint density at radius 1 is 1.12 bits per heavy atom. The molecule has 0 unspecified atom stereocenters. The molecule has 0 radical (unpaired) electrons. The molecule has 216 valence electrons. The third-order valence-corrected chi connectivity index (χ3v) is 7.94. The summed E-state index contributed by atoms with van der Waals surface area (Å²) in [4.78, 5) is 22.4. The number of benzene rings is 1. The second kappa shape index (κ2) is 13.5. The molecular formula is C26H29F3N4O6S. The maximum Gasteiger partial charge on any atom is 0.573 e. The summed E-state index contributed by atoms with van der Waals surface area (Å²) in [6.45, 7) is -0.250. The van der Waals surface area contributed by atoms with Gasteiger partial charge >= 0.3 is 6.36 Å². The van der Waals surface area contributed by atoms with Gasteiger partial charge in [0.1, 0.15) is 18.2 Å². The van der Waals surface area contributed by atoms with Gasteiger partial charge in [0, 0.05) is 24.5 Å². The van der Waals surface area contributed by atoms with Gasteiger partial charge in [-0.05, 0) is 69.1 Å². The second-order valence-corrected chi connectivity index (χ2v) is 11.2. The summed E-state index contributed by atoms with van der Waals surface area (Å²) >= 11 is 0. The van der Waals surface area contributed by atoms with Crippen LogP contribution in [0.1, 0.15) is 36.4 Å². The number of alkyl halides is 3. The van der Waals surface area contributed by atoms with Crippen LogP contribution in [0.5, 0.6) is 11.6 Å². The highest BCUT2D eigenvalue weighted by atomic mass is 32.2. The molecule has 0 amide bonds. The number of halogens is 3. The van der Waals surface area contributed by atoms with E-state index in [2.05, 4.69) is 19.7 Å². The molecule has 3 atom stereocenters. The minimum Gasteiger partial charge on any atom is -0.483 e. The lowest BCUT2D eigenvalue weighted by Gasteiger charge is -2.39. The number of carbonyl (C=O) groups is 1. The maximum atomic E-state index is 12.7. The summed E-state index contributed by atoms with van der Waals surface area (Å²) in [6.07, 6.45) is 1.10. The Hall–Kier alpha value is -3.78. The van der Waals surface area contributed by atoms with Crippen molar-refractivity contribution in [1.29, 1.82) is 0 Å². The Balaban J connectivity index is 0.00000141. The van der Waals surface area contributed by atoms with Crippen molar-refractivity contribution in [3.8, 4) is 11.6 Å². The fourth-order valence-corrected chi connectivity index (χ4v) is 5.74. The Morgan fingerprint density at radius 3 is 2.48 bits per heavy atom. The molecule has 1 saturated carbocycles. The van der Waals surface area contributed by atoms with Crippen LogP contribution in [0.3, 0.4) is 0 Å². The Bertz CT molecular complexity index is 1340. The molecule has 3 aromatic rings. The molecule has 1 aliphatic rings. The van der Waals surface area contributed by atoms with Crippen molar-refractivity contribution in [3.63, 3.8) is 0 Å². The third-order valence-electron chi connectivity index (χ3n) is 6.30. The Labute approximate surface area is 229 Å². The van der Waals surface area contributed by atoms with Gasteiger partial charge < -0.3 is 19.5 Å². The van der Waals surface area contributed by atoms with Gasteiger partial charge in [0.05, 0.1) is 16.3 Å². The highest BCUT2D eigenvalue weighted by molar-refractivity contribution is 7.90. The van der Waals surface area contributed by atoms with E-state index in [-0.39, 0.29) is 40.9 Å². The SMILES string of the molecule is CN(C)[C@H]1C[C@@H](c2cccc(OC(F)(F)F)c2)CC[C@@H]1Oc1ccc(S(=O)(=O)Cc2ccncn2)cn1.O=CO. The molecule has 40 heavy (non-hydrogen) atoms. The fraction of sp³-hybridized carbons (Fsp3) is 0.385. The standard InChI is InChI=1S/C25H27F3N4O4S.CH2O2/c1-32(2)22-13-18(17-4-3-5-20(12-17)36-25(26,27)28)6-8-23(22)35-24-9-7-21(14-30-24)37(33,34)15-19-10-11-29-16-31-19;2-1-3/h3-5,7,9-12,14,16,18,22-23H,6,8,13,15H2,1-2H3;1H,(H,2,3)/t18-,22-,23-;/m0./s1. The van der Waals surface area contributed by atoms with E-state index < -0.39 is 16.2 Å². The highest BCUT2D eigenvalue weighted by Gasteiger charge is 2.35. The summed E-state index contributed by atoms with van der Waals surface area (Å²) in [7, 11) is 0.201. The molecule has 0 saturated heterocycles. The number of rotatable bonds is 8. The number of hydrogen-bond donors (Lipinski definition) is 1. The van der Waals surface area contributed by atoms with Gasteiger partial charge in [-0.2, -0.15) is 0 Å². The summed E-state index contributed by atoms with van der Waals surface area (Å²) in [5, 5.41) is 6.89. The lowest BCUT2D eigenvalue weighted by Crippen LogP contribution is -2.46. The van der Waals surface area contributed by atoms with E-state index in [9.17, 15) is 21.6 Å². The molecule has 14 heteroatoms. The lowest BCUT2D eigenvalue weighted by atomic mass is 9.79. The summed E-state index contributed by atoms with van der Waals surface area (Å²) in [6, 6.07) is 10.6. The number of pyridine rings is 1. The van der Waals surface area contributed by atoms with Gasteiger partial charge in [-0.1, -0.05) is 12.1 Å². The highest BCUT2D eigenvalue weighted by Crippen LogP contribution is 2.38. The Kier molecular flexibility index (Phi) is 10.4. The first kappa shape index (κ1) is 30.8. The molecule has 1 aromatic carbocycles. The molecule has 0 aliphatic heterocycles. The molecule has 0 spiro atoms. The van der Waals surface area contributed by atoms with Crippen molar-refractivity contribution >= 4 is 16.3 Å². The zero-order valence-electron chi connectivity index (χ0n) is 21.7. The van der Waals surface area contributed by atoms with Gasteiger partial charge in [0.2, 0.25) is 5.88 Å². The molecule has 1 N–H and O–H groups in total. The van der Waals surface area contributed by atoms with Crippen LogP contribution in [-0.4, -0.2) is 72.5 Å². The first-order chi connectivity index (χ1) is 18.9. The molecule has 1 aliphatic carbocycles. The van der Waals surface area contributed by atoms with Gasteiger partial charge in [0.15, 0.2) is 9.84 Å². The van der Waals surface area contributed by atoms with Gasteiger partial charge in [-0.25, -0.2) is 23.4 Å². The van der Waals surface area contributed by atoms with Crippen LogP contribution in [0.25, 0.3) is 0 Å². The van der Waals surface area contributed by atoms with Crippen molar-refractivity contribution < 1.29 is 41.0 Å². The number of aromatic nitrogens is 3. The predicted molar refractivity (Wildman–Crippen MR) is 137 cm³/mol. The topological polar surface area (TPSA) is 132 Å². The number of hydrogen-bond acceptors (Lipinski definition) is 9. The average Bonchev–Trinajstić information content (AvgIpc) is 2.89. The van der Waals surface area contributed by atoms with Gasteiger partial charge in [0.25, 0.3) is 6.47 Å². The zero-order valence-corrected chi connectivity index (χ0v) is 22.5. The van der Waals surface area contributed by atoms with E-state index in [1.54, 1.807) is 12.1 Å². The third kappa shape index (κ3) is 8.88. The molecule has 4 rings (SSSR count). The van der Waals surface area contributed by atoms with Crippen LogP contribution in [0.2, 0.25) is 0 Å². The minimum absolute atomic E-state index is 0.0334. The smallest absolute Gasteiger partial charge is 0.483 e. The number of likely N-dealkylation sites (N-methyl/N-ethyl adjacent to an activating group) is 1. The number of nitrogens with zero attached hydrogens (tertiary/aromatic N) is 4. The fourth-order valence-electron chi connectivity index (χ4n) is 4.53. The van der Waals surface area contributed by atoms with Crippen LogP contribution >= 0.6 is 0 Å². The molecule has 0 bridgehead atoms. The number of ether oxygens (including phenoxy) is 2. The number of carboxylic acid groups (broad SMARTS) is 1. The monoisotopic (exact) mass is 582 g/mol. The van der Waals surface area contributed by atoms with E-state index in [0.717, 1.165) is 5.56 Å². The van der Waals surface area contributed by atoms with E-state index >= 15 is 0 Å². The Morgan fingerprint density at radius 2 is 1.88 bits per heavy atom. The molecule has 10 nitrogen and oxygen atoms in total. The van der Waals surface area contributed by atoms with Crippen LogP contribution in [-0.2, 0) is 20.4 Å². The quantitative estimate of drug-likeness (QED) is 0.388. The van der Waals surface area contributed by atoms with Gasteiger partial charge in [-0.3, -0.25) is 4.79 Å². The number of sulfone groups is 1. The predicted octanol–water partition coefficient (Wildman–Crippen LogP) is 4.09. The van der Waals surface area contributed by atoms with Crippen LogP contribution in [0, 0.1) is 0 Å². The van der Waals surface area contributed by atoms with Crippen LogP contribution < -0.4 is 9.47 Å². The summed E-state index contributed by atoms with van der Waals surface area (Å²) < 4.78 is 73.5. The molecule has 2 aromatic heterocycles. The van der Waals surface area contributed by atoms with Crippen molar-refractivity contribution in [2.45, 2.75) is 54.3 Å². The zero-order chi connectivity index (χ0) is 29.3. The van der Waals surface area contributed by atoms with Crippen molar-refractivity contribution in [2.75, 3.05) is 14.1 Å². The van der Waals surface area contributed by atoms with E-state index in [1.165, 1.54) is 43.0 Å². The molecular weight excluding hydrogens is 553 g/mol. The molecule has 2 heterocycles. The summed E-state index contributed by atoms with van der Waals surface area (Å²) in [5.74, 6) is -0.161. The van der Waals surface area contributed by atoms with E-state index in [0.29, 0.717) is 30.8 Å². The largest absolute Gasteiger partial charge is 0.573 e. The average molecular weight is 583 g/mol. The van der Waals surface area contributed by atoms with Crippen LogP contribution in [0.4, 0.5) is 13.2 Å². The normalized spacial score (nSPS) is 19.3. The first-order valence-electron chi connectivity index (χ1n) is 12.1. The van der Waals surface area contributed by atoms with Crippen LogP contribution in [0.15, 0.2) is 66.1 Å².